The van der Waals surface area contributed by atoms with E-state index in [9.17, 15) is 0 Å². The van der Waals surface area contributed by atoms with Crippen molar-refractivity contribution in [3.8, 4) is 11.5 Å². The molecule has 0 spiro atoms. The molecule has 0 saturated heterocycles. The van der Waals surface area contributed by atoms with E-state index in [2.05, 4.69) is 37.9 Å². The summed E-state index contributed by atoms with van der Waals surface area (Å²) in [7, 11) is 0. The van der Waals surface area contributed by atoms with Crippen molar-refractivity contribution in [1.82, 2.24) is 4.98 Å². The quantitative estimate of drug-likeness (QED) is 0.917. The standard InChI is InChI=1S/C16H21NO2/c1-11-14(9-10-18)17-15(19-11)12-5-7-13(8-6-12)16(2,3)4/h5-8,18H,9-10H2,1-4H3. The van der Waals surface area contributed by atoms with Crippen molar-refractivity contribution in [3.63, 3.8) is 0 Å². The number of aliphatic hydroxyl groups is 1. The lowest BCUT2D eigenvalue weighted by atomic mass is 9.87. The Morgan fingerprint density at radius 3 is 2.32 bits per heavy atom. The molecule has 2 aromatic rings. The third-order valence-electron chi connectivity index (χ3n) is 3.24. The fraction of sp³-hybridized carbons (Fsp3) is 0.438. The second-order valence-electron chi connectivity index (χ2n) is 5.82. The Morgan fingerprint density at radius 2 is 1.79 bits per heavy atom. The molecule has 2 rings (SSSR count). The molecule has 0 atom stereocenters. The van der Waals surface area contributed by atoms with E-state index in [1.807, 2.05) is 19.1 Å². The summed E-state index contributed by atoms with van der Waals surface area (Å²) < 4.78 is 5.66. The van der Waals surface area contributed by atoms with Gasteiger partial charge in [-0.1, -0.05) is 32.9 Å². The van der Waals surface area contributed by atoms with Crippen LogP contribution in [0.5, 0.6) is 0 Å². The lowest BCUT2D eigenvalue weighted by molar-refractivity contribution is 0.297. The van der Waals surface area contributed by atoms with E-state index < -0.39 is 0 Å². The Kier molecular flexibility index (Phi) is 3.76. The van der Waals surface area contributed by atoms with Gasteiger partial charge in [0.05, 0.1) is 5.69 Å². The minimum absolute atomic E-state index is 0.0930. The molecule has 0 saturated carbocycles. The van der Waals surface area contributed by atoms with Gasteiger partial charge >= 0.3 is 0 Å². The molecule has 0 aliphatic rings. The summed E-state index contributed by atoms with van der Waals surface area (Å²) in [5.41, 5.74) is 3.24. The molecule has 0 bridgehead atoms. The Balaban J connectivity index is 2.30. The second kappa shape index (κ2) is 5.17. The molecule has 1 aromatic heterocycles. The first-order chi connectivity index (χ1) is 8.91. The van der Waals surface area contributed by atoms with Crippen LogP contribution < -0.4 is 0 Å². The monoisotopic (exact) mass is 259 g/mol. The number of aliphatic hydroxyl groups excluding tert-OH is 1. The highest BCUT2D eigenvalue weighted by Gasteiger charge is 2.15. The molecule has 0 unspecified atom stereocenters. The molecule has 1 N–H and O–H groups in total. The van der Waals surface area contributed by atoms with Gasteiger partial charge in [-0.25, -0.2) is 4.98 Å². The number of oxazole rings is 1. The van der Waals surface area contributed by atoms with Gasteiger partial charge in [0.25, 0.3) is 0 Å². The molecule has 19 heavy (non-hydrogen) atoms. The van der Waals surface area contributed by atoms with Crippen molar-refractivity contribution in [2.24, 2.45) is 0 Å². The minimum atomic E-state index is 0.0930. The van der Waals surface area contributed by atoms with Crippen LogP contribution in [0, 0.1) is 6.92 Å². The first-order valence-corrected chi connectivity index (χ1v) is 6.60. The van der Waals surface area contributed by atoms with Crippen molar-refractivity contribution < 1.29 is 9.52 Å². The van der Waals surface area contributed by atoms with E-state index in [-0.39, 0.29) is 12.0 Å². The van der Waals surface area contributed by atoms with Gasteiger partial charge in [0, 0.05) is 18.6 Å². The largest absolute Gasteiger partial charge is 0.441 e. The zero-order chi connectivity index (χ0) is 14.0. The fourth-order valence-corrected chi connectivity index (χ4v) is 2.00. The van der Waals surface area contributed by atoms with Crippen molar-refractivity contribution in [2.75, 3.05) is 6.61 Å². The van der Waals surface area contributed by atoms with Crippen LogP contribution in [-0.4, -0.2) is 16.7 Å². The molecule has 0 fully saturated rings. The predicted molar refractivity (Wildman–Crippen MR) is 76.2 cm³/mol. The van der Waals surface area contributed by atoms with Crippen LogP contribution in [0.2, 0.25) is 0 Å². The first-order valence-electron chi connectivity index (χ1n) is 6.60. The Morgan fingerprint density at radius 1 is 1.16 bits per heavy atom. The van der Waals surface area contributed by atoms with Crippen LogP contribution in [0.3, 0.4) is 0 Å². The van der Waals surface area contributed by atoms with E-state index in [0.29, 0.717) is 12.3 Å². The molecule has 0 amide bonds. The van der Waals surface area contributed by atoms with Crippen LogP contribution >= 0.6 is 0 Å². The van der Waals surface area contributed by atoms with E-state index in [1.165, 1.54) is 5.56 Å². The zero-order valence-electron chi connectivity index (χ0n) is 12.0. The number of rotatable bonds is 3. The number of aromatic nitrogens is 1. The summed E-state index contributed by atoms with van der Waals surface area (Å²) in [6, 6.07) is 8.30. The van der Waals surface area contributed by atoms with Gasteiger partial charge in [0.1, 0.15) is 5.76 Å². The summed E-state index contributed by atoms with van der Waals surface area (Å²) in [5, 5.41) is 8.97. The van der Waals surface area contributed by atoms with E-state index in [0.717, 1.165) is 17.0 Å². The molecule has 0 aliphatic carbocycles. The van der Waals surface area contributed by atoms with Crippen LogP contribution in [0.15, 0.2) is 28.7 Å². The number of nitrogens with zero attached hydrogens (tertiary/aromatic N) is 1. The van der Waals surface area contributed by atoms with Gasteiger partial charge in [-0.2, -0.15) is 0 Å². The average Bonchev–Trinajstić information content (AvgIpc) is 2.71. The Bertz CT molecular complexity index is 547. The minimum Gasteiger partial charge on any atom is -0.441 e. The van der Waals surface area contributed by atoms with E-state index >= 15 is 0 Å². The molecule has 0 radical (unpaired) electrons. The van der Waals surface area contributed by atoms with Crippen LogP contribution in [0.25, 0.3) is 11.5 Å². The summed E-state index contributed by atoms with van der Waals surface area (Å²) >= 11 is 0. The summed E-state index contributed by atoms with van der Waals surface area (Å²) in [6.45, 7) is 8.55. The van der Waals surface area contributed by atoms with Crippen LogP contribution in [0.1, 0.15) is 37.8 Å². The van der Waals surface area contributed by atoms with Crippen molar-refractivity contribution >= 4 is 0 Å². The Hall–Kier alpha value is -1.61. The molecule has 3 heteroatoms. The van der Waals surface area contributed by atoms with Crippen molar-refractivity contribution in [1.29, 1.82) is 0 Å². The van der Waals surface area contributed by atoms with Gasteiger partial charge in [0.2, 0.25) is 5.89 Å². The maximum absolute atomic E-state index is 8.97. The highest BCUT2D eigenvalue weighted by Crippen LogP contribution is 2.26. The summed E-state index contributed by atoms with van der Waals surface area (Å²) in [6.07, 6.45) is 0.537. The topological polar surface area (TPSA) is 46.3 Å². The average molecular weight is 259 g/mol. The molecule has 102 valence electrons. The molecular weight excluding hydrogens is 238 g/mol. The predicted octanol–water partition coefficient (Wildman–Crippen LogP) is 3.48. The van der Waals surface area contributed by atoms with E-state index in [4.69, 9.17) is 9.52 Å². The molecule has 0 aliphatic heterocycles. The van der Waals surface area contributed by atoms with Crippen LogP contribution in [0.4, 0.5) is 0 Å². The van der Waals surface area contributed by atoms with Crippen molar-refractivity contribution in [3.05, 3.63) is 41.3 Å². The number of hydrogen-bond donors (Lipinski definition) is 1. The van der Waals surface area contributed by atoms with Gasteiger partial charge in [-0.3, -0.25) is 0 Å². The maximum Gasteiger partial charge on any atom is 0.226 e. The summed E-state index contributed by atoms with van der Waals surface area (Å²) in [5.74, 6) is 1.41. The van der Waals surface area contributed by atoms with Crippen LogP contribution in [-0.2, 0) is 11.8 Å². The highest BCUT2D eigenvalue weighted by molar-refractivity contribution is 5.54. The molecule has 1 aromatic carbocycles. The number of aryl methyl sites for hydroxylation is 1. The van der Waals surface area contributed by atoms with E-state index in [1.54, 1.807) is 0 Å². The normalized spacial score (nSPS) is 11.8. The van der Waals surface area contributed by atoms with Gasteiger partial charge < -0.3 is 9.52 Å². The fourth-order valence-electron chi connectivity index (χ4n) is 2.00. The SMILES string of the molecule is Cc1oc(-c2ccc(C(C)(C)C)cc2)nc1CCO. The molecule has 3 nitrogen and oxygen atoms in total. The lowest BCUT2D eigenvalue weighted by Gasteiger charge is -2.18. The zero-order valence-corrected chi connectivity index (χ0v) is 12.0. The van der Waals surface area contributed by atoms with Crippen molar-refractivity contribution in [2.45, 2.75) is 39.5 Å². The third-order valence-corrected chi connectivity index (χ3v) is 3.24. The number of hydrogen-bond acceptors (Lipinski definition) is 3. The lowest BCUT2D eigenvalue weighted by Crippen LogP contribution is -2.10. The Labute approximate surface area is 114 Å². The first kappa shape index (κ1) is 13.8. The number of benzene rings is 1. The third kappa shape index (κ3) is 3.04. The highest BCUT2D eigenvalue weighted by atomic mass is 16.4. The maximum atomic E-state index is 8.97. The smallest absolute Gasteiger partial charge is 0.226 e. The summed E-state index contributed by atoms with van der Waals surface area (Å²) in [4.78, 5) is 4.43. The van der Waals surface area contributed by atoms with Gasteiger partial charge in [-0.05, 0) is 30.0 Å². The molecule has 1 heterocycles. The second-order valence-corrected chi connectivity index (χ2v) is 5.82. The van der Waals surface area contributed by atoms with Gasteiger partial charge in [0.15, 0.2) is 0 Å². The molecular formula is C16H21NO2. The van der Waals surface area contributed by atoms with Gasteiger partial charge in [-0.15, -0.1) is 0 Å².